The van der Waals surface area contributed by atoms with Crippen LogP contribution in [0.5, 0.6) is 0 Å². The maximum absolute atomic E-state index is 11.0. The van der Waals surface area contributed by atoms with E-state index in [4.69, 9.17) is 0 Å². The Morgan fingerprint density at radius 2 is 0.600 bits per heavy atom. The number of rotatable bonds is 35. The highest BCUT2D eigenvalue weighted by molar-refractivity contribution is 8.76. The largest absolute Gasteiger partial charge is 0.545 e. The highest BCUT2D eigenvalue weighted by Crippen LogP contribution is 2.40. The number of aromatic carboxylic acids is 2. The molecular weight excluding hydrogens is 781 g/mol. The van der Waals surface area contributed by atoms with Gasteiger partial charge in [-0.2, -0.15) is 0 Å². The molecule has 0 N–H and O–H groups in total. The van der Waals surface area contributed by atoms with Crippen LogP contribution in [0.3, 0.4) is 0 Å². The topological polar surface area (TPSA) is 80.3 Å². The Labute approximate surface area is 379 Å². The van der Waals surface area contributed by atoms with Crippen LogP contribution in [-0.4, -0.2) is 76.3 Å². The third-order valence-corrected chi connectivity index (χ3v) is 13.3. The summed E-state index contributed by atoms with van der Waals surface area (Å²) in [4.78, 5) is 23.0. The van der Waals surface area contributed by atoms with Gasteiger partial charge in [0.05, 0.1) is 67.3 Å². The number of unbranched alkanes of at least 4 members (excludes halogenated alkanes) is 26. The van der Waals surface area contributed by atoms with Crippen molar-refractivity contribution in [3.8, 4) is 0 Å². The molecule has 0 spiro atoms. The summed E-state index contributed by atoms with van der Waals surface area (Å²) in [6, 6.07) is 12.8. The minimum Gasteiger partial charge on any atom is -0.545 e. The molecule has 0 aliphatic carbocycles. The second-order valence-corrected chi connectivity index (χ2v) is 21.2. The van der Waals surface area contributed by atoms with Crippen LogP contribution in [-0.2, 0) is 0 Å². The molecule has 2 aromatic carbocycles. The van der Waals surface area contributed by atoms with Gasteiger partial charge < -0.3 is 28.8 Å². The average Bonchev–Trinajstić information content (AvgIpc) is 3.20. The van der Waals surface area contributed by atoms with Gasteiger partial charge in [0.2, 0.25) is 0 Å². The number of carbonyl (C=O) groups excluding carboxylic acids is 2. The second kappa shape index (κ2) is 38.7. The van der Waals surface area contributed by atoms with Gasteiger partial charge in [0.1, 0.15) is 0 Å². The van der Waals surface area contributed by atoms with Crippen molar-refractivity contribution in [2.45, 2.75) is 203 Å². The molecule has 0 atom stereocenters. The Bertz CT molecular complexity index is 1210. The SMILES string of the molecule is CCCCCCCCCCCCCCCC[N+](C)(C)C.CCCCCCCCCCCCCCCC[N+](C)(C)C.O=C([O-])c1ccccc1SSc1ccccc1C(=O)[O-]. The van der Waals surface area contributed by atoms with Gasteiger partial charge in [0, 0.05) is 20.9 Å². The van der Waals surface area contributed by atoms with Crippen LogP contribution in [0.15, 0.2) is 58.3 Å². The van der Waals surface area contributed by atoms with Crippen molar-refractivity contribution in [3.05, 3.63) is 59.7 Å². The van der Waals surface area contributed by atoms with Crippen molar-refractivity contribution >= 4 is 33.5 Å². The van der Waals surface area contributed by atoms with Gasteiger partial charge in [-0.25, -0.2) is 0 Å². The van der Waals surface area contributed by atoms with E-state index in [1.165, 1.54) is 205 Å². The summed E-state index contributed by atoms with van der Waals surface area (Å²) in [5.41, 5.74) is 0.159. The van der Waals surface area contributed by atoms with Crippen molar-refractivity contribution in [1.29, 1.82) is 0 Å². The average molecular weight is 873 g/mol. The smallest absolute Gasteiger partial charge is 0.0780 e. The number of nitrogens with zero attached hydrogens (tertiary/aromatic N) is 2. The van der Waals surface area contributed by atoms with Gasteiger partial charge in [0.25, 0.3) is 0 Å². The monoisotopic (exact) mass is 873 g/mol. The van der Waals surface area contributed by atoms with Crippen LogP contribution < -0.4 is 10.2 Å². The summed E-state index contributed by atoms with van der Waals surface area (Å²) >= 11 is 0. The molecule has 0 fully saturated rings. The summed E-state index contributed by atoms with van der Waals surface area (Å²) in [6.07, 6.45) is 40.7. The number of carbonyl (C=O) groups is 2. The first-order valence-corrected chi connectivity index (χ1v) is 26.4. The fourth-order valence-corrected chi connectivity index (χ4v) is 9.41. The summed E-state index contributed by atoms with van der Waals surface area (Å²) in [6.45, 7) is 7.25. The van der Waals surface area contributed by atoms with Crippen molar-refractivity contribution in [2.75, 3.05) is 55.4 Å². The molecular formula is C52H92N2O4S2. The Balaban J connectivity index is 0.000000870. The second-order valence-electron chi connectivity index (χ2n) is 19.0. The Morgan fingerprint density at radius 3 is 0.817 bits per heavy atom. The van der Waals surface area contributed by atoms with E-state index in [1.807, 2.05) is 0 Å². The first kappa shape index (κ1) is 58.0. The number of carboxylic acid groups (broad SMARTS) is 2. The number of hydrogen-bond donors (Lipinski definition) is 0. The molecule has 0 unspecified atom stereocenters. The highest BCUT2D eigenvalue weighted by Gasteiger charge is 2.09. The van der Waals surface area contributed by atoms with Crippen molar-refractivity contribution in [1.82, 2.24) is 0 Å². The third-order valence-electron chi connectivity index (χ3n) is 10.8. The molecule has 0 aliphatic rings. The fourth-order valence-electron chi connectivity index (χ4n) is 7.07. The zero-order valence-electron chi connectivity index (χ0n) is 40.2. The van der Waals surface area contributed by atoms with Crippen LogP contribution in [0.2, 0.25) is 0 Å². The molecule has 0 heterocycles. The molecule has 0 saturated heterocycles. The third kappa shape index (κ3) is 37.7. The normalized spacial score (nSPS) is 11.4. The molecule has 0 saturated carbocycles. The zero-order chi connectivity index (χ0) is 44.7. The lowest BCUT2D eigenvalue weighted by molar-refractivity contribution is -0.870. The predicted octanol–water partition coefficient (Wildman–Crippen LogP) is 13.6. The number of benzene rings is 2. The predicted molar refractivity (Wildman–Crippen MR) is 260 cm³/mol. The van der Waals surface area contributed by atoms with E-state index in [9.17, 15) is 19.8 Å². The lowest BCUT2D eigenvalue weighted by Crippen LogP contribution is -2.35. The molecule has 8 heteroatoms. The number of carboxylic acids is 2. The van der Waals surface area contributed by atoms with Gasteiger partial charge in [-0.1, -0.05) is 226 Å². The number of quaternary nitrogens is 2. The van der Waals surface area contributed by atoms with Crippen LogP contribution in [0.1, 0.15) is 214 Å². The lowest BCUT2D eigenvalue weighted by atomic mass is 10.0. The Kier molecular flexibility index (Phi) is 37.4. The first-order chi connectivity index (χ1) is 28.7. The minimum atomic E-state index is -1.26. The summed E-state index contributed by atoms with van der Waals surface area (Å²) in [5.74, 6) is -2.52. The highest BCUT2D eigenvalue weighted by atomic mass is 33.1. The molecule has 0 radical (unpaired) electrons. The van der Waals surface area contributed by atoms with Crippen molar-refractivity contribution in [2.24, 2.45) is 0 Å². The van der Waals surface area contributed by atoms with Crippen molar-refractivity contribution < 1.29 is 28.8 Å². The Hall–Kier alpha value is -2.00. The summed E-state index contributed by atoms with van der Waals surface area (Å²) < 4.78 is 2.25. The van der Waals surface area contributed by atoms with E-state index in [2.05, 4.69) is 56.1 Å². The van der Waals surface area contributed by atoms with Crippen LogP contribution in [0.25, 0.3) is 0 Å². The Morgan fingerprint density at radius 1 is 0.383 bits per heavy atom. The van der Waals surface area contributed by atoms with E-state index >= 15 is 0 Å². The van der Waals surface area contributed by atoms with Crippen LogP contribution in [0.4, 0.5) is 0 Å². The minimum absolute atomic E-state index is 0.0796. The van der Waals surface area contributed by atoms with Crippen LogP contribution in [0, 0.1) is 0 Å². The molecule has 0 aromatic heterocycles. The van der Waals surface area contributed by atoms with Crippen LogP contribution >= 0.6 is 21.6 Å². The van der Waals surface area contributed by atoms with Crippen molar-refractivity contribution in [3.63, 3.8) is 0 Å². The first-order valence-electron chi connectivity index (χ1n) is 24.3. The molecule has 60 heavy (non-hydrogen) atoms. The lowest BCUT2D eigenvalue weighted by Gasteiger charge is -2.23. The number of hydrogen-bond acceptors (Lipinski definition) is 6. The molecule has 2 aromatic rings. The molecule has 6 nitrogen and oxygen atoms in total. The molecule has 346 valence electrons. The quantitative estimate of drug-likeness (QED) is 0.0390. The van der Waals surface area contributed by atoms with E-state index in [1.54, 1.807) is 36.4 Å². The summed E-state index contributed by atoms with van der Waals surface area (Å²) in [7, 11) is 16.1. The van der Waals surface area contributed by atoms with Gasteiger partial charge in [-0.15, -0.1) is 0 Å². The van der Waals surface area contributed by atoms with E-state index < -0.39 is 11.9 Å². The van der Waals surface area contributed by atoms with E-state index in [0.717, 1.165) is 30.6 Å². The molecule has 0 aliphatic heterocycles. The van der Waals surface area contributed by atoms with Gasteiger partial charge >= 0.3 is 0 Å². The van der Waals surface area contributed by atoms with E-state index in [0.29, 0.717) is 9.79 Å². The maximum atomic E-state index is 11.0. The van der Waals surface area contributed by atoms with E-state index in [-0.39, 0.29) is 11.1 Å². The van der Waals surface area contributed by atoms with Gasteiger partial charge in [-0.05, 0) is 37.8 Å². The fraction of sp³-hybridized carbons (Fsp3) is 0.731. The van der Waals surface area contributed by atoms with Gasteiger partial charge in [0.15, 0.2) is 0 Å². The molecule has 0 amide bonds. The van der Waals surface area contributed by atoms with Gasteiger partial charge in [-0.3, -0.25) is 0 Å². The maximum Gasteiger partial charge on any atom is 0.0780 e. The standard InChI is InChI=1S/2C19H42N.C14H10O4S2/c2*1-5-6-7-8-9-10-11-12-13-14-15-16-17-18-19-20(2,3)4;15-13(16)9-5-1-3-7-11(9)19-20-12-8-4-2-6-10(12)14(17)18/h2*5-19H2,1-4H3;1-8H,(H,15,16)(H,17,18)/q2*+1;/p-2. The zero-order valence-corrected chi connectivity index (χ0v) is 41.8. The molecule has 0 bridgehead atoms. The molecule has 2 rings (SSSR count). The summed E-state index contributed by atoms with van der Waals surface area (Å²) in [5, 5.41) is 21.9.